The Hall–Kier alpha value is -0.790. The molecule has 0 amide bonds. The third-order valence-electron chi connectivity index (χ3n) is 3.96. The highest BCUT2D eigenvalue weighted by Gasteiger charge is 2.18. The lowest BCUT2D eigenvalue weighted by molar-refractivity contribution is 0.589. The Bertz CT molecular complexity index is 626. The molecule has 0 heterocycles. The summed E-state index contributed by atoms with van der Waals surface area (Å²) in [5.74, 6) is 0. The SMILES string of the molecule is CC(C)(C)c1ccc(-c2ccc(C(C)(C)C)cc2Br)c(Cl)c1. The summed E-state index contributed by atoms with van der Waals surface area (Å²) in [6.07, 6.45) is 0. The van der Waals surface area contributed by atoms with Crippen LogP contribution in [0.2, 0.25) is 5.02 Å². The minimum absolute atomic E-state index is 0.107. The van der Waals surface area contributed by atoms with Crippen LogP contribution < -0.4 is 0 Å². The van der Waals surface area contributed by atoms with E-state index in [2.05, 4.69) is 93.9 Å². The van der Waals surface area contributed by atoms with Gasteiger partial charge in [-0.1, -0.05) is 93.3 Å². The van der Waals surface area contributed by atoms with E-state index in [4.69, 9.17) is 11.6 Å². The first kappa shape index (κ1) is 17.6. The van der Waals surface area contributed by atoms with E-state index in [1.54, 1.807) is 0 Å². The highest BCUT2D eigenvalue weighted by atomic mass is 79.9. The fourth-order valence-corrected chi connectivity index (χ4v) is 3.27. The molecule has 0 bridgehead atoms. The van der Waals surface area contributed by atoms with Gasteiger partial charge in [0.2, 0.25) is 0 Å². The third kappa shape index (κ3) is 3.75. The van der Waals surface area contributed by atoms with E-state index in [0.717, 1.165) is 20.6 Å². The van der Waals surface area contributed by atoms with Gasteiger partial charge in [-0.05, 0) is 39.7 Å². The van der Waals surface area contributed by atoms with Crippen LogP contribution in [-0.2, 0) is 10.8 Å². The molecule has 0 saturated carbocycles. The summed E-state index contributed by atoms with van der Waals surface area (Å²) in [6, 6.07) is 12.9. The first-order valence-corrected chi connectivity index (χ1v) is 8.77. The zero-order chi connectivity index (χ0) is 16.7. The smallest absolute Gasteiger partial charge is 0.0487 e. The fourth-order valence-electron chi connectivity index (χ4n) is 2.40. The van der Waals surface area contributed by atoms with Gasteiger partial charge in [-0.15, -0.1) is 0 Å². The molecule has 0 aliphatic rings. The van der Waals surface area contributed by atoms with E-state index in [1.165, 1.54) is 11.1 Å². The maximum absolute atomic E-state index is 6.55. The number of hydrogen-bond acceptors (Lipinski definition) is 0. The summed E-state index contributed by atoms with van der Waals surface area (Å²) in [5.41, 5.74) is 5.02. The molecule has 0 aliphatic carbocycles. The highest BCUT2D eigenvalue weighted by Crippen LogP contribution is 2.38. The maximum Gasteiger partial charge on any atom is 0.0487 e. The van der Waals surface area contributed by atoms with Gasteiger partial charge in [0, 0.05) is 15.1 Å². The van der Waals surface area contributed by atoms with Gasteiger partial charge in [-0.3, -0.25) is 0 Å². The highest BCUT2D eigenvalue weighted by molar-refractivity contribution is 9.10. The minimum atomic E-state index is 0.107. The number of rotatable bonds is 1. The average molecular weight is 380 g/mol. The molecule has 118 valence electrons. The fraction of sp³-hybridized carbons (Fsp3) is 0.400. The summed E-state index contributed by atoms with van der Waals surface area (Å²) in [6.45, 7) is 13.3. The summed E-state index contributed by atoms with van der Waals surface area (Å²) < 4.78 is 1.09. The van der Waals surface area contributed by atoms with E-state index < -0.39 is 0 Å². The number of benzene rings is 2. The largest absolute Gasteiger partial charge is 0.0837 e. The van der Waals surface area contributed by atoms with Crippen LogP contribution in [0.25, 0.3) is 11.1 Å². The Morgan fingerprint density at radius 1 is 0.727 bits per heavy atom. The van der Waals surface area contributed by atoms with Gasteiger partial charge < -0.3 is 0 Å². The molecule has 0 unspecified atom stereocenters. The van der Waals surface area contributed by atoms with Crippen molar-refractivity contribution >= 4 is 27.5 Å². The zero-order valence-electron chi connectivity index (χ0n) is 14.2. The average Bonchev–Trinajstić information content (AvgIpc) is 2.37. The Morgan fingerprint density at radius 3 is 1.59 bits per heavy atom. The van der Waals surface area contributed by atoms with Crippen LogP contribution in [0.15, 0.2) is 40.9 Å². The van der Waals surface area contributed by atoms with Crippen molar-refractivity contribution in [1.82, 2.24) is 0 Å². The predicted molar refractivity (Wildman–Crippen MR) is 102 cm³/mol. The van der Waals surface area contributed by atoms with Gasteiger partial charge >= 0.3 is 0 Å². The molecule has 22 heavy (non-hydrogen) atoms. The number of halogens is 2. The Balaban J connectivity index is 2.49. The van der Waals surface area contributed by atoms with Crippen molar-refractivity contribution in [1.29, 1.82) is 0 Å². The molecular weight excluding hydrogens is 356 g/mol. The van der Waals surface area contributed by atoms with Gasteiger partial charge in [0.05, 0.1) is 0 Å². The Labute approximate surface area is 148 Å². The van der Waals surface area contributed by atoms with Crippen LogP contribution in [0, 0.1) is 0 Å². The summed E-state index contributed by atoms with van der Waals surface area (Å²) in [5, 5.41) is 0.802. The normalized spacial score (nSPS) is 12.5. The molecule has 0 nitrogen and oxygen atoms in total. The standard InChI is InChI=1S/C20H24BrCl/c1-19(2,3)13-7-9-15(17(21)11-13)16-10-8-14(12-18(16)22)20(4,5)6/h7-12H,1-6H3. The van der Waals surface area contributed by atoms with Crippen LogP contribution in [0.5, 0.6) is 0 Å². The van der Waals surface area contributed by atoms with Crippen LogP contribution in [0.1, 0.15) is 52.7 Å². The van der Waals surface area contributed by atoms with Crippen LogP contribution in [0.3, 0.4) is 0 Å². The lowest BCUT2D eigenvalue weighted by Crippen LogP contribution is -2.11. The van der Waals surface area contributed by atoms with Crippen LogP contribution >= 0.6 is 27.5 Å². The molecule has 2 rings (SSSR count). The quantitative estimate of drug-likeness (QED) is 0.485. The van der Waals surface area contributed by atoms with Gasteiger partial charge in [0.25, 0.3) is 0 Å². The monoisotopic (exact) mass is 378 g/mol. The molecule has 0 radical (unpaired) electrons. The van der Waals surface area contributed by atoms with Crippen molar-refractivity contribution in [3.05, 3.63) is 57.0 Å². The minimum Gasteiger partial charge on any atom is -0.0837 e. The summed E-state index contributed by atoms with van der Waals surface area (Å²) >= 11 is 10.3. The van der Waals surface area contributed by atoms with Gasteiger partial charge in [-0.25, -0.2) is 0 Å². The van der Waals surface area contributed by atoms with E-state index >= 15 is 0 Å². The molecule has 0 fully saturated rings. The second-order valence-corrected chi connectivity index (χ2v) is 9.15. The molecule has 0 N–H and O–H groups in total. The van der Waals surface area contributed by atoms with Crippen molar-refractivity contribution in [3.63, 3.8) is 0 Å². The Morgan fingerprint density at radius 2 is 1.18 bits per heavy atom. The van der Waals surface area contributed by atoms with Crippen molar-refractivity contribution in [2.24, 2.45) is 0 Å². The first-order chi connectivity index (χ1) is 10.00. The van der Waals surface area contributed by atoms with Crippen molar-refractivity contribution in [3.8, 4) is 11.1 Å². The molecule has 0 aromatic heterocycles. The second-order valence-electron chi connectivity index (χ2n) is 7.89. The third-order valence-corrected chi connectivity index (χ3v) is 4.93. The van der Waals surface area contributed by atoms with Gasteiger partial charge in [0.15, 0.2) is 0 Å². The van der Waals surface area contributed by atoms with E-state index in [1.807, 2.05) is 0 Å². The molecular formula is C20H24BrCl. The maximum atomic E-state index is 6.55. The van der Waals surface area contributed by atoms with Gasteiger partial charge in [0.1, 0.15) is 0 Å². The molecule has 2 heteroatoms. The van der Waals surface area contributed by atoms with Crippen molar-refractivity contribution in [2.45, 2.75) is 52.4 Å². The lowest BCUT2D eigenvalue weighted by atomic mass is 9.85. The van der Waals surface area contributed by atoms with Crippen LogP contribution in [-0.4, -0.2) is 0 Å². The van der Waals surface area contributed by atoms with Gasteiger partial charge in [-0.2, -0.15) is 0 Å². The topological polar surface area (TPSA) is 0 Å². The van der Waals surface area contributed by atoms with E-state index in [-0.39, 0.29) is 10.8 Å². The summed E-state index contributed by atoms with van der Waals surface area (Å²) in [7, 11) is 0. The molecule has 0 atom stereocenters. The molecule has 2 aromatic carbocycles. The molecule has 2 aromatic rings. The first-order valence-electron chi connectivity index (χ1n) is 7.60. The molecule has 0 aliphatic heterocycles. The Kier molecular flexibility index (Phi) is 4.80. The summed E-state index contributed by atoms with van der Waals surface area (Å²) in [4.78, 5) is 0. The van der Waals surface area contributed by atoms with Crippen molar-refractivity contribution < 1.29 is 0 Å². The van der Waals surface area contributed by atoms with Crippen molar-refractivity contribution in [2.75, 3.05) is 0 Å². The predicted octanol–water partition coefficient (Wildman–Crippen LogP) is 7.36. The second kappa shape index (κ2) is 6.02. The van der Waals surface area contributed by atoms with E-state index in [9.17, 15) is 0 Å². The zero-order valence-corrected chi connectivity index (χ0v) is 16.6. The van der Waals surface area contributed by atoms with E-state index in [0.29, 0.717) is 0 Å². The lowest BCUT2D eigenvalue weighted by Gasteiger charge is -2.22. The molecule has 0 saturated heterocycles. The van der Waals surface area contributed by atoms with Crippen LogP contribution in [0.4, 0.5) is 0 Å². The number of hydrogen-bond donors (Lipinski definition) is 0. The molecule has 0 spiro atoms.